The fourth-order valence-corrected chi connectivity index (χ4v) is 3.15. The number of nitrogens with zero attached hydrogens (tertiary/aromatic N) is 3. The third-order valence-corrected chi connectivity index (χ3v) is 4.74. The molecule has 0 saturated carbocycles. The normalized spacial score (nSPS) is 11.1. The number of nitrogens with one attached hydrogen (secondary N) is 1. The summed E-state index contributed by atoms with van der Waals surface area (Å²) < 4.78 is 14.1. The van der Waals surface area contributed by atoms with Crippen molar-refractivity contribution >= 4 is 11.6 Å². The predicted octanol–water partition coefficient (Wildman–Crippen LogP) is 5.07. The van der Waals surface area contributed by atoms with E-state index in [0.29, 0.717) is 17.1 Å². The van der Waals surface area contributed by atoms with Crippen LogP contribution in [0.15, 0.2) is 48.5 Å². The quantitative estimate of drug-likeness (QED) is 0.522. The fraction of sp³-hybridized carbons (Fsp3) is 0.333. The minimum absolute atomic E-state index is 0.196. The molecule has 4 nitrogen and oxygen atoms in total. The average Bonchev–Trinajstić information content (AvgIpc) is 3.08. The van der Waals surface area contributed by atoms with Crippen LogP contribution in [0.4, 0.5) is 4.39 Å². The van der Waals surface area contributed by atoms with E-state index in [1.54, 1.807) is 12.1 Å². The van der Waals surface area contributed by atoms with Gasteiger partial charge in [-0.25, -0.2) is 4.39 Å². The Bertz CT molecular complexity index is 844. The number of rotatable bonds is 9. The largest absolute Gasteiger partial charge is 0.311 e. The topological polar surface area (TPSA) is 42.7 Å². The molecule has 0 saturated heterocycles. The molecular formula is C21H24ClFN4. The SMILES string of the molecule is CCCCCNCc1nn(Cc2c(F)cccc2Cl)nc1-c1ccccc1. The first kappa shape index (κ1) is 19.5. The van der Waals surface area contributed by atoms with Gasteiger partial charge in [0.25, 0.3) is 0 Å². The third kappa shape index (κ3) is 5.15. The Morgan fingerprint density at radius 2 is 1.85 bits per heavy atom. The molecule has 0 atom stereocenters. The van der Waals surface area contributed by atoms with Gasteiger partial charge in [0.2, 0.25) is 0 Å². The summed E-state index contributed by atoms with van der Waals surface area (Å²) in [6, 6.07) is 14.6. The molecule has 6 heteroatoms. The van der Waals surface area contributed by atoms with Crippen molar-refractivity contribution in [1.82, 2.24) is 20.3 Å². The van der Waals surface area contributed by atoms with Crippen molar-refractivity contribution in [2.75, 3.05) is 6.54 Å². The molecular weight excluding hydrogens is 363 g/mol. The van der Waals surface area contributed by atoms with Gasteiger partial charge in [-0.2, -0.15) is 15.0 Å². The van der Waals surface area contributed by atoms with Crippen LogP contribution >= 0.6 is 11.6 Å². The first-order valence-electron chi connectivity index (χ1n) is 9.32. The molecule has 2 aromatic carbocycles. The highest BCUT2D eigenvalue weighted by Crippen LogP contribution is 2.23. The van der Waals surface area contributed by atoms with Crippen molar-refractivity contribution in [1.29, 1.82) is 0 Å². The van der Waals surface area contributed by atoms with E-state index in [4.69, 9.17) is 11.6 Å². The second kappa shape index (κ2) is 9.62. The Kier molecular flexibility index (Phi) is 6.96. The van der Waals surface area contributed by atoms with Gasteiger partial charge in [-0.3, -0.25) is 0 Å². The summed E-state index contributed by atoms with van der Waals surface area (Å²) >= 11 is 6.15. The molecule has 0 unspecified atom stereocenters. The van der Waals surface area contributed by atoms with Crippen LogP contribution < -0.4 is 5.32 Å². The van der Waals surface area contributed by atoms with Crippen molar-refractivity contribution in [2.45, 2.75) is 39.3 Å². The second-order valence-corrected chi connectivity index (χ2v) is 6.88. The molecule has 1 N–H and O–H groups in total. The Labute approximate surface area is 164 Å². The van der Waals surface area contributed by atoms with E-state index in [-0.39, 0.29) is 12.4 Å². The molecule has 1 heterocycles. The zero-order chi connectivity index (χ0) is 19.1. The van der Waals surface area contributed by atoms with E-state index in [9.17, 15) is 4.39 Å². The first-order valence-corrected chi connectivity index (χ1v) is 9.70. The lowest BCUT2D eigenvalue weighted by molar-refractivity contribution is 0.541. The van der Waals surface area contributed by atoms with Crippen molar-refractivity contribution in [2.24, 2.45) is 0 Å². The second-order valence-electron chi connectivity index (χ2n) is 6.48. The Morgan fingerprint density at radius 3 is 2.59 bits per heavy atom. The lowest BCUT2D eigenvalue weighted by Gasteiger charge is -2.04. The van der Waals surface area contributed by atoms with Gasteiger partial charge in [0.1, 0.15) is 17.2 Å². The van der Waals surface area contributed by atoms with Gasteiger partial charge >= 0.3 is 0 Å². The minimum atomic E-state index is -0.347. The molecule has 27 heavy (non-hydrogen) atoms. The lowest BCUT2D eigenvalue weighted by atomic mass is 10.1. The fourth-order valence-electron chi connectivity index (χ4n) is 2.92. The monoisotopic (exact) mass is 386 g/mol. The van der Waals surface area contributed by atoms with Gasteiger partial charge < -0.3 is 5.32 Å². The lowest BCUT2D eigenvalue weighted by Crippen LogP contribution is -2.16. The van der Waals surface area contributed by atoms with Gasteiger partial charge in [0.05, 0.1) is 6.54 Å². The number of unbranched alkanes of at least 4 members (excludes halogenated alkanes) is 2. The van der Waals surface area contributed by atoms with E-state index in [2.05, 4.69) is 22.4 Å². The summed E-state index contributed by atoms with van der Waals surface area (Å²) in [5, 5.41) is 13.0. The van der Waals surface area contributed by atoms with Gasteiger partial charge in [-0.05, 0) is 25.1 Å². The molecule has 3 rings (SSSR count). The van der Waals surface area contributed by atoms with Crippen LogP contribution in [0, 0.1) is 5.82 Å². The minimum Gasteiger partial charge on any atom is -0.311 e. The predicted molar refractivity (Wildman–Crippen MR) is 107 cm³/mol. The highest BCUT2D eigenvalue weighted by molar-refractivity contribution is 6.31. The van der Waals surface area contributed by atoms with E-state index < -0.39 is 0 Å². The standard InChI is InChI=1S/C21H24ClFN4/c1-2-3-7-13-24-14-20-21(16-9-5-4-6-10-16)26-27(25-20)15-17-18(22)11-8-12-19(17)23/h4-6,8-12,24H,2-3,7,13-15H2,1H3. The zero-order valence-electron chi connectivity index (χ0n) is 15.5. The maximum Gasteiger partial charge on any atom is 0.129 e. The third-order valence-electron chi connectivity index (χ3n) is 4.38. The van der Waals surface area contributed by atoms with Crippen molar-refractivity contribution in [3.8, 4) is 11.3 Å². The van der Waals surface area contributed by atoms with Crippen LogP contribution in [-0.4, -0.2) is 21.5 Å². The van der Waals surface area contributed by atoms with E-state index in [1.807, 2.05) is 30.3 Å². The molecule has 0 bridgehead atoms. The van der Waals surface area contributed by atoms with Gasteiger partial charge in [-0.1, -0.05) is 67.8 Å². The molecule has 0 aliphatic carbocycles. The smallest absolute Gasteiger partial charge is 0.129 e. The summed E-state index contributed by atoms with van der Waals surface area (Å²) in [7, 11) is 0. The van der Waals surface area contributed by atoms with Crippen LogP contribution in [0.5, 0.6) is 0 Å². The van der Waals surface area contributed by atoms with E-state index >= 15 is 0 Å². The molecule has 0 aliphatic rings. The Hall–Kier alpha value is -2.24. The molecule has 0 amide bonds. The van der Waals surface area contributed by atoms with Crippen molar-refractivity contribution in [3.05, 3.63) is 70.6 Å². The average molecular weight is 387 g/mol. The molecule has 142 valence electrons. The Balaban J connectivity index is 1.83. The first-order chi connectivity index (χ1) is 13.2. The van der Waals surface area contributed by atoms with Crippen LogP contribution in [0.2, 0.25) is 5.02 Å². The van der Waals surface area contributed by atoms with E-state index in [1.165, 1.54) is 23.7 Å². The molecule has 3 aromatic rings. The van der Waals surface area contributed by atoms with Crippen LogP contribution in [0.3, 0.4) is 0 Å². The number of aromatic nitrogens is 3. The Morgan fingerprint density at radius 1 is 1.04 bits per heavy atom. The molecule has 0 radical (unpaired) electrons. The van der Waals surface area contributed by atoms with Crippen molar-refractivity contribution < 1.29 is 4.39 Å². The van der Waals surface area contributed by atoms with E-state index in [0.717, 1.165) is 29.9 Å². The van der Waals surface area contributed by atoms with Crippen LogP contribution in [0.1, 0.15) is 37.4 Å². The summed E-state index contributed by atoms with van der Waals surface area (Å²) in [4.78, 5) is 1.52. The molecule has 0 aliphatic heterocycles. The molecule has 1 aromatic heterocycles. The molecule has 0 spiro atoms. The summed E-state index contributed by atoms with van der Waals surface area (Å²) in [5.74, 6) is -0.347. The highest BCUT2D eigenvalue weighted by Gasteiger charge is 2.15. The zero-order valence-corrected chi connectivity index (χ0v) is 16.2. The van der Waals surface area contributed by atoms with Gasteiger partial charge in [0, 0.05) is 22.7 Å². The van der Waals surface area contributed by atoms with Gasteiger partial charge in [0.15, 0.2) is 0 Å². The van der Waals surface area contributed by atoms with Gasteiger partial charge in [-0.15, -0.1) is 0 Å². The van der Waals surface area contributed by atoms with Crippen LogP contribution in [0.25, 0.3) is 11.3 Å². The number of hydrogen-bond acceptors (Lipinski definition) is 3. The summed E-state index contributed by atoms with van der Waals surface area (Å²) in [6.45, 7) is 3.95. The number of halogens is 2. The van der Waals surface area contributed by atoms with Crippen molar-refractivity contribution in [3.63, 3.8) is 0 Å². The molecule has 0 fully saturated rings. The van der Waals surface area contributed by atoms with Crippen LogP contribution in [-0.2, 0) is 13.1 Å². The maximum atomic E-state index is 14.1. The number of benzene rings is 2. The maximum absolute atomic E-state index is 14.1. The highest BCUT2D eigenvalue weighted by atomic mass is 35.5. The summed E-state index contributed by atoms with van der Waals surface area (Å²) in [6.07, 6.45) is 3.53. The summed E-state index contributed by atoms with van der Waals surface area (Å²) in [5.41, 5.74) is 3.06. The number of hydrogen-bond donors (Lipinski definition) is 1.